The Bertz CT molecular complexity index is 504. The maximum atomic E-state index is 13.6. The second kappa shape index (κ2) is 6.15. The van der Waals surface area contributed by atoms with E-state index in [9.17, 15) is 19.6 Å². The number of nitrogens with zero attached hydrogens (tertiary/aromatic N) is 2. The molecule has 0 aromatic heterocycles. The third-order valence-electron chi connectivity index (χ3n) is 3.62. The zero-order valence-electron chi connectivity index (χ0n) is 11.3. The maximum Gasteiger partial charge on any atom is 0.313 e. The number of nitro groups is 1. The Kier molecular flexibility index (Phi) is 4.51. The van der Waals surface area contributed by atoms with Crippen molar-refractivity contribution < 1.29 is 14.4 Å². The van der Waals surface area contributed by atoms with Crippen LogP contribution in [-0.4, -0.2) is 41.1 Å². The van der Waals surface area contributed by atoms with Crippen molar-refractivity contribution in [2.45, 2.75) is 19.4 Å². The van der Waals surface area contributed by atoms with Gasteiger partial charge in [-0.1, -0.05) is 6.92 Å². The average molecular weight is 283 g/mol. The summed E-state index contributed by atoms with van der Waals surface area (Å²) in [7, 11) is 0. The molecule has 0 amide bonds. The minimum absolute atomic E-state index is 0.216. The van der Waals surface area contributed by atoms with Gasteiger partial charge < -0.3 is 10.4 Å². The molecule has 2 rings (SSSR count). The van der Waals surface area contributed by atoms with E-state index in [1.54, 1.807) is 0 Å². The predicted molar refractivity (Wildman–Crippen MR) is 72.2 cm³/mol. The monoisotopic (exact) mass is 283 g/mol. The zero-order valence-corrected chi connectivity index (χ0v) is 11.3. The number of nitro benzene ring substituents is 1. The van der Waals surface area contributed by atoms with Crippen LogP contribution >= 0.6 is 0 Å². The molecule has 0 radical (unpaired) electrons. The number of nitrogens with one attached hydrogen (secondary N) is 1. The number of phenolic OH excluding ortho intramolecular Hbond substituents is 1. The first-order valence-corrected chi connectivity index (χ1v) is 6.66. The average Bonchev–Trinajstić information content (AvgIpc) is 2.44. The number of benzene rings is 1. The fraction of sp³-hybridized carbons (Fsp3) is 0.538. The molecule has 1 heterocycles. The lowest BCUT2D eigenvalue weighted by Gasteiger charge is -2.34. The van der Waals surface area contributed by atoms with E-state index in [1.807, 2.05) is 6.92 Å². The predicted octanol–water partition coefficient (Wildman–Crippen LogP) is 1.80. The Labute approximate surface area is 116 Å². The molecule has 0 spiro atoms. The Balaban J connectivity index is 2.40. The summed E-state index contributed by atoms with van der Waals surface area (Å²) in [6.45, 7) is 5.08. The van der Waals surface area contributed by atoms with E-state index in [-0.39, 0.29) is 6.04 Å². The third kappa shape index (κ3) is 2.88. The van der Waals surface area contributed by atoms with Crippen molar-refractivity contribution in [3.05, 3.63) is 33.6 Å². The van der Waals surface area contributed by atoms with Gasteiger partial charge in [0, 0.05) is 37.8 Å². The topological polar surface area (TPSA) is 78.6 Å². The van der Waals surface area contributed by atoms with Crippen LogP contribution in [0.5, 0.6) is 5.75 Å². The Morgan fingerprint density at radius 1 is 1.50 bits per heavy atom. The fourth-order valence-corrected chi connectivity index (χ4v) is 2.67. The highest BCUT2D eigenvalue weighted by Gasteiger charge is 2.28. The van der Waals surface area contributed by atoms with E-state index in [4.69, 9.17) is 0 Å². The second-order valence-electron chi connectivity index (χ2n) is 4.83. The quantitative estimate of drug-likeness (QED) is 0.650. The highest BCUT2D eigenvalue weighted by molar-refractivity contribution is 5.52. The summed E-state index contributed by atoms with van der Waals surface area (Å²) < 4.78 is 13.6. The van der Waals surface area contributed by atoms with Crippen molar-refractivity contribution in [3.63, 3.8) is 0 Å². The highest BCUT2D eigenvalue weighted by Crippen LogP contribution is 2.38. The lowest BCUT2D eigenvalue weighted by molar-refractivity contribution is -0.386. The summed E-state index contributed by atoms with van der Waals surface area (Å²) in [6, 6.07) is 1.73. The molecule has 20 heavy (non-hydrogen) atoms. The van der Waals surface area contributed by atoms with Gasteiger partial charge in [-0.2, -0.15) is 0 Å². The minimum Gasteiger partial charge on any atom is -0.502 e. The molecule has 1 atom stereocenters. The first-order chi connectivity index (χ1) is 9.54. The Morgan fingerprint density at radius 3 is 2.70 bits per heavy atom. The van der Waals surface area contributed by atoms with E-state index in [0.717, 1.165) is 32.2 Å². The largest absolute Gasteiger partial charge is 0.502 e. The summed E-state index contributed by atoms with van der Waals surface area (Å²) in [5, 5.41) is 24.1. The molecule has 1 saturated heterocycles. The Morgan fingerprint density at radius 2 is 2.15 bits per heavy atom. The summed E-state index contributed by atoms with van der Waals surface area (Å²) in [4.78, 5) is 12.2. The van der Waals surface area contributed by atoms with E-state index in [2.05, 4.69) is 10.2 Å². The van der Waals surface area contributed by atoms with Gasteiger partial charge in [0.2, 0.25) is 0 Å². The number of rotatable bonds is 4. The van der Waals surface area contributed by atoms with Crippen molar-refractivity contribution in [1.29, 1.82) is 0 Å². The number of aromatic hydroxyl groups is 1. The van der Waals surface area contributed by atoms with Crippen molar-refractivity contribution >= 4 is 5.69 Å². The highest BCUT2D eigenvalue weighted by atomic mass is 19.1. The minimum atomic E-state index is -0.758. The van der Waals surface area contributed by atoms with Gasteiger partial charge in [0.15, 0.2) is 5.75 Å². The first kappa shape index (κ1) is 14.7. The molecule has 7 heteroatoms. The van der Waals surface area contributed by atoms with Crippen LogP contribution in [0.25, 0.3) is 0 Å². The van der Waals surface area contributed by atoms with Crippen LogP contribution in [-0.2, 0) is 0 Å². The molecule has 1 aromatic carbocycles. The van der Waals surface area contributed by atoms with Crippen molar-refractivity contribution in [3.8, 4) is 5.75 Å². The molecule has 1 aliphatic rings. The molecule has 110 valence electrons. The van der Waals surface area contributed by atoms with Gasteiger partial charge in [-0.25, -0.2) is 4.39 Å². The van der Waals surface area contributed by atoms with Crippen molar-refractivity contribution in [2.24, 2.45) is 0 Å². The number of phenols is 1. The van der Waals surface area contributed by atoms with Gasteiger partial charge in [-0.05, 0) is 12.5 Å². The summed E-state index contributed by atoms with van der Waals surface area (Å²) >= 11 is 0. The van der Waals surface area contributed by atoms with E-state index < -0.39 is 22.2 Å². The van der Waals surface area contributed by atoms with Gasteiger partial charge in [0.05, 0.1) is 11.0 Å². The molecule has 6 nitrogen and oxygen atoms in total. The summed E-state index contributed by atoms with van der Waals surface area (Å²) in [5.74, 6) is -1.13. The van der Waals surface area contributed by atoms with Crippen LogP contribution < -0.4 is 5.32 Å². The lowest BCUT2D eigenvalue weighted by Crippen LogP contribution is -2.45. The molecule has 1 aliphatic heterocycles. The maximum absolute atomic E-state index is 13.6. The van der Waals surface area contributed by atoms with Crippen LogP contribution in [0, 0.1) is 15.9 Å². The van der Waals surface area contributed by atoms with Gasteiger partial charge in [-0.3, -0.25) is 15.0 Å². The Hall–Kier alpha value is -1.73. The number of piperazine rings is 1. The fourth-order valence-electron chi connectivity index (χ4n) is 2.67. The molecule has 0 saturated carbocycles. The van der Waals surface area contributed by atoms with Crippen LogP contribution in [0.1, 0.15) is 24.9 Å². The third-order valence-corrected chi connectivity index (χ3v) is 3.62. The summed E-state index contributed by atoms with van der Waals surface area (Å²) in [5.41, 5.74) is -0.283. The molecule has 2 N–H and O–H groups in total. The summed E-state index contributed by atoms with van der Waals surface area (Å²) in [6.07, 6.45) is 0.647. The van der Waals surface area contributed by atoms with Crippen LogP contribution in [0.4, 0.5) is 10.1 Å². The van der Waals surface area contributed by atoms with Gasteiger partial charge in [-0.15, -0.1) is 0 Å². The van der Waals surface area contributed by atoms with Crippen LogP contribution in [0.15, 0.2) is 12.1 Å². The molecule has 1 aromatic rings. The van der Waals surface area contributed by atoms with Crippen LogP contribution in [0.2, 0.25) is 0 Å². The van der Waals surface area contributed by atoms with E-state index in [0.29, 0.717) is 12.0 Å². The molecule has 0 unspecified atom stereocenters. The number of halogens is 1. The van der Waals surface area contributed by atoms with Crippen molar-refractivity contribution in [1.82, 2.24) is 10.2 Å². The standard InChI is InChI=1S/C13H18FN3O3/c1-2-11(16-5-3-15-4-6-16)10-7-9(14)8-12(13(10)18)17(19)20/h7-8,11,15,18H,2-6H2,1H3/t11-/m0/s1. The number of hydrogen-bond donors (Lipinski definition) is 2. The smallest absolute Gasteiger partial charge is 0.313 e. The number of hydrogen-bond acceptors (Lipinski definition) is 5. The van der Waals surface area contributed by atoms with Gasteiger partial charge in [0.25, 0.3) is 0 Å². The lowest BCUT2D eigenvalue weighted by atomic mass is 9.99. The molecule has 0 bridgehead atoms. The SMILES string of the molecule is CC[C@@H](c1cc(F)cc([N+](=O)[O-])c1O)N1CCNCC1. The molecule has 1 fully saturated rings. The first-order valence-electron chi connectivity index (χ1n) is 6.66. The normalized spacial score (nSPS) is 17.9. The molecular formula is C13H18FN3O3. The zero-order chi connectivity index (χ0) is 14.7. The van der Waals surface area contributed by atoms with E-state index >= 15 is 0 Å². The van der Waals surface area contributed by atoms with Gasteiger partial charge in [0.1, 0.15) is 5.82 Å². The molecule has 0 aliphatic carbocycles. The van der Waals surface area contributed by atoms with Crippen molar-refractivity contribution in [2.75, 3.05) is 26.2 Å². The van der Waals surface area contributed by atoms with Gasteiger partial charge >= 0.3 is 5.69 Å². The van der Waals surface area contributed by atoms with Crippen LogP contribution in [0.3, 0.4) is 0 Å². The molecular weight excluding hydrogens is 265 g/mol. The second-order valence-corrected chi connectivity index (χ2v) is 4.83. The van der Waals surface area contributed by atoms with E-state index in [1.165, 1.54) is 6.07 Å².